The third-order valence-corrected chi connectivity index (χ3v) is 6.43. The van der Waals surface area contributed by atoms with Crippen molar-refractivity contribution in [2.45, 2.75) is 0 Å². The van der Waals surface area contributed by atoms with Gasteiger partial charge in [0.15, 0.2) is 5.76 Å². The van der Waals surface area contributed by atoms with E-state index in [-0.39, 0.29) is 5.56 Å². The van der Waals surface area contributed by atoms with Gasteiger partial charge in [0, 0.05) is 37.0 Å². The molecule has 0 amide bonds. The van der Waals surface area contributed by atoms with E-state index in [4.69, 9.17) is 9.40 Å². The van der Waals surface area contributed by atoms with Crippen LogP contribution in [0, 0.1) is 0 Å². The summed E-state index contributed by atoms with van der Waals surface area (Å²) in [5, 5.41) is 6.93. The number of aromatic nitrogens is 3. The van der Waals surface area contributed by atoms with Crippen molar-refractivity contribution >= 4 is 70.8 Å². The number of fused-ring (bicyclic) bond motifs is 3. The van der Waals surface area contributed by atoms with Crippen LogP contribution in [0.1, 0.15) is 5.56 Å². The van der Waals surface area contributed by atoms with E-state index in [0.29, 0.717) is 28.1 Å². The van der Waals surface area contributed by atoms with Gasteiger partial charge in [0.25, 0.3) is 5.56 Å². The lowest BCUT2D eigenvalue weighted by molar-refractivity contribution is 0.616. The standard InChI is InChI=1S/C25H14Br2N4O2/c26-16-6-8-22-14(9-16)10-23(33-22)24-30-21-4-2-1-3-18(21)25(32)31(24)29-13-15-12-28-20-7-5-17(27)11-19(15)20/h1-13,28H. The highest BCUT2D eigenvalue weighted by Crippen LogP contribution is 2.29. The predicted molar refractivity (Wildman–Crippen MR) is 138 cm³/mol. The van der Waals surface area contributed by atoms with Gasteiger partial charge in [0.05, 0.1) is 17.1 Å². The Bertz CT molecular complexity index is 1780. The van der Waals surface area contributed by atoms with Crippen molar-refractivity contribution in [3.05, 3.63) is 97.8 Å². The second-order valence-electron chi connectivity index (χ2n) is 7.54. The molecule has 0 atom stereocenters. The zero-order chi connectivity index (χ0) is 22.5. The van der Waals surface area contributed by atoms with Gasteiger partial charge in [-0.25, -0.2) is 4.98 Å². The quantitative estimate of drug-likeness (QED) is 0.244. The van der Waals surface area contributed by atoms with Crippen LogP contribution < -0.4 is 5.56 Å². The lowest BCUT2D eigenvalue weighted by Gasteiger charge is -2.07. The van der Waals surface area contributed by atoms with Crippen molar-refractivity contribution in [1.82, 2.24) is 14.6 Å². The number of para-hydroxylation sites is 1. The molecule has 6 nitrogen and oxygen atoms in total. The fraction of sp³-hybridized carbons (Fsp3) is 0. The van der Waals surface area contributed by atoms with Crippen molar-refractivity contribution < 1.29 is 4.42 Å². The Morgan fingerprint density at radius 1 is 0.970 bits per heavy atom. The van der Waals surface area contributed by atoms with Crippen LogP contribution in [-0.4, -0.2) is 20.9 Å². The van der Waals surface area contributed by atoms with Gasteiger partial charge in [0.2, 0.25) is 5.82 Å². The van der Waals surface area contributed by atoms with Gasteiger partial charge in [-0.1, -0.05) is 44.0 Å². The van der Waals surface area contributed by atoms with Crippen molar-refractivity contribution in [3.63, 3.8) is 0 Å². The van der Waals surface area contributed by atoms with Crippen LogP contribution in [0.25, 0.3) is 44.4 Å². The fourth-order valence-electron chi connectivity index (χ4n) is 3.86. The summed E-state index contributed by atoms with van der Waals surface area (Å²) in [5.74, 6) is 0.799. The fourth-order valence-corrected chi connectivity index (χ4v) is 4.60. The van der Waals surface area contributed by atoms with Gasteiger partial charge >= 0.3 is 0 Å². The number of hydrogen-bond acceptors (Lipinski definition) is 4. The number of hydrogen-bond donors (Lipinski definition) is 1. The molecule has 3 aromatic carbocycles. The van der Waals surface area contributed by atoms with E-state index < -0.39 is 0 Å². The molecule has 0 radical (unpaired) electrons. The van der Waals surface area contributed by atoms with E-state index >= 15 is 0 Å². The number of rotatable bonds is 3. The van der Waals surface area contributed by atoms with Gasteiger partial charge in [-0.05, 0) is 54.6 Å². The van der Waals surface area contributed by atoms with E-state index in [1.165, 1.54) is 4.68 Å². The number of nitrogens with zero attached hydrogens (tertiary/aromatic N) is 3. The molecule has 6 aromatic rings. The van der Waals surface area contributed by atoms with Crippen molar-refractivity contribution in [2.24, 2.45) is 5.10 Å². The summed E-state index contributed by atoms with van der Waals surface area (Å²) >= 11 is 7.00. The van der Waals surface area contributed by atoms with Crippen molar-refractivity contribution in [1.29, 1.82) is 0 Å². The molecule has 0 bridgehead atoms. The molecule has 0 spiro atoms. The molecular formula is C25H14Br2N4O2. The highest BCUT2D eigenvalue weighted by Gasteiger charge is 2.16. The molecule has 0 unspecified atom stereocenters. The first-order valence-corrected chi connectivity index (χ1v) is 11.7. The molecule has 33 heavy (non-hydrogen) atoms. The molecule has 0 saturated heterocycles. The van der Waals surface area contributed by atoms with Gasteiger partial charge in [-0.3, -0.25) is 4.79 Å². The molecule has 0 aliphatic rings. The molecule has 0 saturated carbocycles. The maximum atomic E-state index is 13.4. The Kier molecular flexibility index (Phi) is 4.78. The first-order chi connectivity index (χ1) is 16.1. The summed E-state index contributed by atoms with van der Waals surface area (Å²) in [4.78, 5) is 21.4. The third-order valence-electron chi connectivity index (χ3n) is 5.44. The number of benzene rings is 3. The largest absolute Gasteiger partial charge is 0.453 e. The summed E-state index contributed by atoms with van der Waals surface area (Å²) in [6, 6.07) is 20.8. The van der Waals surface area contributed by atoms with E-state index in [9.17, 15) is 4.79 Å². The van der Waals surface area contributed by atoms with Gasteiger partial charge in [-0.2, -0.15) is 9.78 Å². The maximum absolute atomic E-state index is 13.4. The maximum Gasteiger partial charge on any atom is 0.282 e. The summed E-state index contributed by atoms with van der Waals surface area (Å²) in [5.41, 5.74) is 2.85. The molecule has 0 aliphatic heterocycles. The minimum Gasteiger partial charge on any atom is -0.453 e. The Morgan fingerprint density at radius 3 is 2.70 bits per heavy atom. The Morgan fingerprint density at radius 2 is 1.79 bits per heavy atom. The minimum atomic E-state index is -0.269. The number of H-pyrrole nitrogens is 1. The van der Waals surface area contributed by atoms with Crippen molar-refractivity contribution in [2.75, 3.05) is 0 Å². The van der Waals surface area contributed by atoms with E-state index in [0.717, 1.165) is 30.8 Å². The predicted octanol–water partition coefficient (Wildman–Crippen LogP) is 6.70. The number of furan rings is 1. The van der Waals surface area contributed by atoms with Gasteiger partial charge in [0.1, 0.15) is 5.58 Å². The Labute approximate surface area is 203 Å². The normalized spacial score (nSPS) is 11.9. The molecule has 8 heteroatoms. The molecule has 0 aliphatic carbocycles. The van der Waals surface area contributed by atoms with Crippen molar-refractivity contribution in [3.8, 4) is 11.6 Å². The van der Waals surface area contributed by atoms with E-state index in [1.807, 2.05) is 66.9 Å². The minimum absolute atomic E-state index is 0.269. The highest BCUT2D eigenvalue weighted by molar-refractivity contribution is 9.10. The number of halogens is 2. The smallest absolute Gasteiger partial charge is 0.282 e. The second-order valence-corrected chi connectivity index (χ2v) is 9.37. The van der Waals surface area contributed by atoms with Crippen LogP contribution in [0.2, 0.25) is 0 Å². The van der Waals surface area contributed by atoms with Crippen LogP contribution in [0.3, 0.4) is 0 Å². The molecule has 6 rings (SSSR count). The summed E-state index contributed by atoms with van der Waals surface area (Å²) in [7, 11) is 0. The lowest BCUT2D eigenvalue weighted by atomic mass is 10.2. The number of nitrogens with one attached hydrogen (secondary N) is 1. The SMILES string of the molecule is O=c1c2ccccc2nc(-c2cc3cc(Br)ccc3o2)n1N=Cc1c[nH]c2ccc(Br)cc12. The Hall–Kier alpha value is -3.49. The van der Waals surface area contributed by atoms with Crippen LogP contribution in [-0.2, 0) is 0 Å². The summed E-state index contributed by atoms with van der Waals surface area (Å²) in [6.45, 7) is 0. The molecular weight excluding hydrogens is 548 g/mol. The average molecular weight is 562 g/mol. The molecule has 160 valence electrons. The van der Waals surface area contributed by atoms with Crippen LogP contribution in [0.5, 0.6) is 0 Å². The monoisotopic (exact) mass is 560 g/mol. The zero-order valence-corrected chi connectivity index (χ0v) is 20.1. The first kappa shape index (κ1) is 20.1. The van der Waals surface area contributed by atoms with Gasteiger partial charge < -0.3 is 9.40 Å². The second kappa shape index (κ2) is 7.83. The topological polar surface area (TPSA) is 76.2 Å². The molecule has 1 N–H and O–H groups in total. The van der Waals surface area contributed by atoms with Crippen LogP contribution >= 0.6 is 31.9 Å². The highest BCUT2D eigenvalue weighted by atomic mass is 79.9. The molecule has 0 fully saturated rings. The molecule has 3 aromatic heterocycles. The average Bonchev–Trinajstić information content (AvgIpc) is 3.41. The lowest BCUT2D eigenvalue weighted by Crippen LogP contribution is -2.20. The Balaban J connectivity index is 1.58. The number of aromatic amines is 1. The van der Waals surface area contributed by atoms with E-state index in [1.54, 1.807) is 12.3 Å². The van der Waals surface area contributed by atoms with E-state index in [2.05, 4.69) is 41.9 Å². The third kappa shape index (κ3) is 3.51. The zero-order valence-electron chi connectivity index (χ0n) is 16.9. The van der Waals surface area contributed by atoms with Crippen LogP contribution in [0.4, 0.5) is 0 Å². The molecule has 3 heterocycles. The summed E-state index contributed by atoms with van der Waals surface area (Å²) in [6.07, 6.45) is 3.52. The van der Waals surface area contributed by atoms with Crippen LogP contribution in [0.15, 0.2) is 96.2 Å². The van der Waals surface area contributed by atoms with Gasteiger partial charge in [-0.15, -0.1) is 0 Å². The first-order valence-electron chi connectivity index (χ1n) is 10.1. The summed E-state index contributed by atoms with van der Waals surface area (Å²) < 4.78 is 9.25.